The number of hydrogen-bond donors (Lipinski definition) is 0. The van der Waals surface area contributed by atoms with Gasteiger partial charge in [0.15, 0.2) is 0 Å². The number of nitrogens with zero attached hydrogens (tertiary/aromatic N) is 2. The lowest BCUT2D eigenvalue weighted by Crippen LogP contribution is -1.90. The first-order chi connectivity index (χ1) is 7.16. The topological polar surface area (TPSA) is 25.8 Å². The van der Waals surface area contributed by atoms with Gasteiger partial charge in [-0.05, 0) is 24.6 Å². The highest BCUT2D eigenvalue weighted by molar-refractivity contribution is 6.32. The molecule has 4 heteroatoms. The van der Waals surface area contributed by atoms with Crippen LogP contribution in [-0.2, 0) is 0 Å². The van der Waals surface area contributed by atoms with Gasteiger partial charge >= 0.3 is 0 Å². The second-order valence-electron chi connectivity index (χ2n) is 3.13. The zero-order valence-electron chi connectivity index (χ0n) is 8.04. The van der Waals surface area contributed by atoms with Gasteiger partial charge in [0.2, 0.25) is 0 Å². The quantitative estimate of drug-likeness (QED) is 0.693. The van der Waals surface area contributed by atoms with Crippen molar-refractivity contribution < 1.29 is 4.39 Å². The Labute approximate surface area is 91.8 Å². The van der Waals surface area contributed by atoms with E-state index >= 15 is 0 Å². The van der Waals surface area contributed by atoms with E-state index in [-0.39, 0.29) is 5.82 Å². The van der Waals surface area contributed by atoms with E-state index in [2.05, 4.69) is 9.97 Å². The van der Waals surface area contributed by atoms with Crippen LogP contribution in [0.4, 0.5) is 4.39 Å². The van der Waals surface area contributed by atoms with Crippen LogP contribution in [0.3, 0.4) is 0 Å². The highest BCUT2D eigenvalue weighted by Crippen LogP contribution is 2.25. The summed E-state index contributed by atoms with van der Waals surface area (Å²) in [7, 11) is 0. The van der Waals surface area contributed by atoms with E-state index in [0.717, 1.165) is 0 Å². The van der Waals surface area contributed by atoms with Gasteiger partial charge in [0.25, 0.3) is 0 Å². The van der Waals surface area contributed by atoms with Crippen LogP contribution in [0, 0.1) is 12.7 Å². The molecule has 0 radical (unpaired) electrons. The van der Waals surface area contributed by atoms with Crippen molar-refractivity contribution in [1.29, 1.82) is 0 Å². The normalized spacial score (nSPS) is 10.3. The third-order valence-corrected chi connectivity index (χ3v) is 2.29. The summed E-state index contributed by atoms with van der Waals surface area (Å²) in [5.41, 5.74) is 1.32. The fraction of sp³-hybridized carbons (Fsp3) is 0.0909. The maximum Gasteiger partial charge on any atom is 0.140 e. The molecular formula is C11H8ClFN2. The Morgan fingerprint density at radius 3 is 2.80 bits per heavy atom. The van der Waals surface area contributed by atoms with Crippen LogP contribution >= 0.6 is 11.6 Å². The molecule has 1 heterocycles. The molecule has 76 valence electrons. The van der Waals surface area contributed by atoms with Crippen LogP contribution in [0.2, 0.25) is 5.15 Å². The van der Waals surface area contributed by atoms with Crippen LogP contribution < -0.4 is 0 Å². The first-order valence-corrected chi connectivity index (χ1v) is 4.79. The number of rotatable bonds is 1. The van der Waals surface area contributed by atoms with E-state index in [0.29, 0.717) is 22.1 Å². The first-order valence-electron chi connectivity index (χ1n) is 4.42. The minimum absolute atomic E-state index is 0.302. The molecule has 0 saturated carbocycles. The maximum atomic E-state index is 13.0. The van der Waals surface area contributed by atoms with Crippen molar-refractivity contribution in [2.24, 2.45) is 0 Å². The Balaban J connectivity index is 2.54. The van der Waals surface area contributed by atoms with E-state index < -0.39 is 0 Å². The van der Waals surface area contributed by atoms with E-state index in [1.54, 1.807) is 25.3 Å². The molecule has 0 aliphatic rings. The summed E-state index contributed by atoms with van der Waals surface area (Å²) in [6.45, 7) is 1.75. The number of benzene rings is 1. The average molecular weight is 223 g/mol. The van der Waals surface area contributed by atoms with Crippen LogP contribution in [0.25, 0.3) is 11.1 Å². The molecule has 0 saturated heterocycles. The zero-order chi connectivity index (χ0) is 10.8. The van der Waals surface area contributed by atoms with Crippen LogP contribution in [0.15, 0.2) is 30.5 Å². The highest BCUT2D eigenvalue weighted by Gasteiger charge is 2.06. The fourth-order valence-corrected chi connectivity index (χ4v) is 1.57. The standard InChI is InChI=1S/C11H8ClFN2/c1-7-14-6-10(11(12)15-7)8-3-2-4-9(13)5-8/h2-6H,1H3. The van der Waals surface area contributed by atoms with Gasteiger partial charge in [0.05, 0.1) is 0 Å². The molecule has 2 rings (SSSR count). The Kier molecular flexibility index (Phi) is 2.64. The molecule has 0 aliphatic heterocycles. The summed E-state index contributed by atoms with van der Waals surface area (Å²) in [4.78, 5) is 8.04. The number of halogens is 2. The zero-order valence-corrected chi connectivity index (χ0v) is 8.79. The molecule has 2 aromatic rings. The molecule has 1 aromatic heterocycles. The Morgan fingerprint density at radius 2 is 2.13 bits per heavy atom. The summed E-state index contributed by atoms with van der Waals surface area (Å²) < 4.78 is 13.0. The van der Waals surface area contributed by atoms with Gasteiger partial charge < -0.3 is 0 Å². The van der Waals surface area contributed by atoms with E-state index in [1.165, 1.54) is 12.1 Å². The molecular weight excluding hydrogens is 215 g/mol. The fourth-order valence-electron chi connectivity index (χ4n) is 1.29. The molecule has 0 spiro atoms. The predicted molar refractivity (Wildman–Crippen MR) is 57.2 cm³/mol. The highest BCUT2D eigenvalue weighted by atomic mass is 35.5. The average Bonchev–Trinajstić information content (AvgIpc) is 2.17. The second kappa shape index (κ2) is 3.95. The Hall–Kier alpha value is -1.48. The van der Waals surface area contributed by atoms with E-state index in [9.17, 15) is 4.39 Å². The molecule has 0 N–H and O–H groups in total. The molecule has 2 nitrogen and oxygen atoms in total. The minimum Gasteiger partial charge on any atom is -0.241 e. The molecule has 0 aliphatic carbocycles. The second-order valence-corrected chi connectivity index (χ2v) is 3.49. The molecule has 0 unspecified atom stereocenters. The summed E-state index contributed by atoms with van der Waals surface area (Å²) in [5.74, 6) is 0.296. The monoisotopic (exact) mass is 222 g/mol. The first kappa shape index (κ1) is 10.1. The Bertz CT molecular complexity index is 500. The van der Waals surface area contributed by atoms with Gasteiger partial charge in [-0.25, -0.2) is 14.4 Å². The molecule has 1 aromatic carbocycles. The summed E-state index contributed by atoms with van der Waals surface area (Å²) in [6, 6.07) is 6.18. The van der Waals surface area contributed by atoms with Crippen LogP contribution in [0.5, 0.6) is 0 Å². The van der Waals surface area contributed by atoms with Gasteiger partial charge in [-0.15, -0.1) is 0 Å². The number of aromatic nitrogens is 2. The van der Waals surface area contributed by atoms with E-state index in [4.69, 9.17) is 11.6 Å². The molecule has 0 fully saturated rings. The van der Waals surface area contributed by atoms with Crippen molar-refractivity contribution >= 4 is 11.6 Å². The SMILES string of the molecule is Cc1ncc(-c2cccc(F)c2)c(Cl)n1. The molecule has 0 bridgehead atoms. The van der Waals surface area contributed by atoms with Crippen molar-refractivity contribution in [1.82, 2.24) is 9.97 Å². The van der Waals surface area contributed by atoms with Gasteiger partial charge in [0, 0.05) is 11.8 Å². The summed E-state index contributed by atoms with van der Waals surface area (Å²) in [6.07, 6.45) is 1.60. The third-order valence-electron chi connectivity index (χ3n) is 2.00. The molecule has 0 atom stereocenters. The summed E-state index contributed by atoms with van der Waals surface area (Å²) >= 11 is 5.94. The van der Waals surface area contributed by atoms with Crippen molar-refractivity contribution in [2.45, 2.75) is 6.92 Å². The Morgan fingerprint density at radius 1 is 1.33 bits per heavy atom. The van der Waals surface area contributed by atoms with E-state index in [1.807, 2.05) is 0 Å². The minimum atomic E-state index is -0.302. The predicted octanol–water partition coefficient (Wildman–Crippen LogP) is 3.24. The van der Waals surface area contributed by atoms with Gasteiger partial charge in [-0.3, -0.25) is 0 Å². The van der Waals surface area contributed by atoms with Gasteiger partial charge in [0.1, 0.15) is 16.8 Å². The maximum absolute atomic E-state index is 13.0. The molecule has 0 amide bonds. The van der Waals surface area contributed by atoms with Gasteiger partial charge in [-0.2, -0.15) is 0 Å². The van der Waals surface area contributed by atoms with Crippen molar-refractivity contribution in [2.75, 3.05) is 0 Å². The van der Waals surface area contributed by atoms with Crippen LogP contribution in [0.1, 0.15) is 5.82 Å². The lowest BCUT2D eigenvalue weighted by Gasteiger charge is -2.03. The van der Waals surface area contributed by atoms with Crippen molar-refractivity contribution in [3.8, 4) is 11.1 Å². The summed E-state index contributed by atoms with van der Waals surface area (Å²) in [5, 5.41) is 0.341. The van der Waals surface area contributed by atoms with Crippen molar-refractivity contribution in [3.63, 3.8) is 0 Å². The number of aryl methyl sites for hydroxylation is 1. The smallest absolute Gasteiger partial charge is 0.140 e. The van der Waals surface area contributed by atoms with Crippen molar-refractivity contribution in [3.05, 3.63) is 47.3 Å². The lowest BCUT2D eigenvalue weighted by atomic mass is 10.1. The largest absolute Gasteiger partial charge is 0.241 e. The van der Waals surface area contributed by atoms with Gasteiger partial charge in [-0.1, -0.05) is 23.7 Å². The van der Waals surface area contributed by atoms with Crippen LogP contribution in [-0.4, -0.2) is 9.97 Å². The third kappa shape index (κ3) is 2.13. The number of hydrogen-bond acceptors (Lipinski definition) is 2. The lowest BCUT2D eigenvalue weighted by molar-refractivity contribution is 0.628. The molecule has 15 heavy (non-hydrogen) atoms.